The number of nitro groups is 1. The molecule has 0 fully saturated rings. The number of fused-ring (bicyclic) bond motifs is 1. The zero-order chi connectivity index (χ0) is 20.2. The number of benzene rings is 2. The molecule has 0 bridgehead atoms. The Balaban J connectivity index is 1.71. The zero-order valence-electron chi connectivity index (χ0n) is 15.5. The van der Waals surface area contributed by atoms with E-state index in [-0.39, 0.29) is 22.6 Å². The molecule has 4 rings (SSSR count). The van der Waals surface area contributed by atoms with Crippen molar-refractivity contribution in [2.75, 3.05) is 5.32 Å². The average molecular weight is 403 g/mol. The predicted molar refractivity (Wildman–Crippen MR) is 113 cm³/mol. The summed E-state index contributed by atoms with van der Waals surface area (Å²) in [5, 5.41) is 16.3. The summed E-state index contributed by atoms with van der Waals surface area (Å²) < 4.78 is 0. The fourth-order valence-electron chi connectivity index (χ4n) is 3.00. The molecule has 0 aliphatic carbocycles. The average Bonchev–Trinajstić information content (AvgIpc) is 2.74. The summed E-state index contributed by atoms with van der Waals surface area (Å²) in [5.74, 6) is 0.192. The Morgan fingerprint density at radius 2 is 1.79 bits per heavy atom. The molecule has 2 heterocycles. The molecular formula is C21H17N5O2S. The second-order valence-corrected chi connectivity index (χ2v) is 7.37. The number of rotatable bonds is 6. The summed E-state index contributed by atoms with van der Waals surface area (Å²) in [6.45, 7) is 1.93. The number of aromatic nitrogens is 3. The zero-order valence-corrected chi connectivity index (χ0v) is 16.3. The maximum atomic E-state index is 11.9. The van der Waals surface area contributed by atoms with Crippen LogP contribution in [-0.4, -0.2) is 19.9 Å². The smallest absolute Gasteiger partial charge is 0.343 e. The van der Waals surface area contributed by atoms with Crippen molar-refractivity contribution in [3.63, 3.8) is 0 Å². The van der Waals surface area contributed by atoms with Crippen molar-refractivity contribution in [2.45, 2.75) is 22.9 Å². The lowest BCUT2D eigenvalue weighted by atomic mass is 10.1. The van der Waals surface area contributed by atoms with Gasteiger partial charge in [-0.2, -0.15) is 0 Å². The minimum atomic E-state index is -0.444. The molecule has 0 saturated heterocycles. The van der Waals surface area contributed by atoms with Gasteiger partial charge in [0.15, 0.2) is 5.03 Å². The summed E-state index contributed by atoms with van der Waals surface area (Å²) in [5.41, 5.74) is 1.64. The molecule has 144 valence electrons. The van der Waals surface area contributed by atoms with Crippen molar-refractivity contribution in [3.8, 4) is 0 Å². The van der Waals surface area contributed by atoms with Gasteiger partial charge in [0.05, 0.1) is 16.5 Å². The molecule has 2 aromatic carbocycles. The monoisotopic (exact) mass is 403 g/mol. The van der Waals surface area contributed by atoms with Crippen LogP contribution in [0, 0.1) is 10.1 Å². The predicted octanol–water partition coefficient (Wildman–Crippen LogP) is 5.26. The van der Waals surface area contributed by atoms with Gasteiger partial charge in [-0.1, -0.05) is 60.3 Å². The first-order chi connectivity index (χ1) is 14.1. The summed E-state index contributed by atoms with van der Waals surface area (Å²) in [4.78, 5) is 25.0. The van der Waals surface area contributed by atoms with Gasteiger partial charge < -0.3 is 5.32 Å². The van der Waals surface area contributed by atoms with E-state index in [2.05, 4.69) is 20.3 Å². The van der Waals surface area contributed by atoms with Gasteiger partial charge in [0.25, 0.3) is 0 Å². The lowest BCUT2D eigenvalue weighted by molar-refractivity contribution is -0.387. The van der Waals surface area contributed by atoms with Crippen LogP contribution >= 0.6 is 11.8 Å². The normalized spacial score (nSPS) is 11.9. The summed E-state index contributed by atoms with van der Waals surface area (Å²) in [7, 11) is 0. The third-order valence-electron chi connectivity index (χ3n) is 4.43. The van der Waals surface area contributed by atoms with E-state index in [1.54, 1.807) is 6.20 Å². The Labute approximate surface area is 171 Å². The molecule has 0 aliphatic rings. The molecule has 0 spiro atoms. The van der Waals surface area contributed by atoms with Gasteiger partial charge in [0.2, 0.25) is 5.82 Å². The van der Waals surface area contributed by atoms with Crippen LogP contribution in [0.5, 0.6) is 0 Å². The topological polar surface area (TPSA) is 93.8 Å². The number of para-hydroxylation sites is 1. The first-order valence-electron chi connectivity index (χ1n) is 8.96. The Bertz CT molecular complexity index is 1160. The number of pyridine rings is 1. The van der Waals surface area contributed by atoms with E-state index in [0.29, 0.717) is 0 Å². The number of nitrogens with zero attached hydrogens (tertiary/aromatic N) is 4. The number of hydrogen-bond donors (Lipinski definition) is 1. The third-order valence-corrected chi connectivity index (χ3v) is 5.47. The number of hydrogen-bond acceptors (Lipinski definition) is 7. The summed E-state index contributed by atoms with van der Waals surface area (Å²) in [6.07, 6.45) is 3.04. The lowest BCUT2D eigenvalue weighted by Gasteiger charge is -2.15. The molecule has 29 heavy (non-hydrogen) atoms. The van der Waals surface area contributed by atoms with E-state index in [0.717, 1.165) is 21.4 Å². The maximum Gasteiger partial charge on any atom is 0.343 e. The van der Waals surface area contributed by atoms with Gasteiger partial charge in [0.1, 0.15) is 6.33 Å². The van der Waals surface area contributed by atoms with Crippen LogP contribution in [0.25, 0.3) is 10.9 Å². The van der Waals surface area contributed by atoms with E-state index >= 15 is 0 Å². The second kappa shape index (κ2) is 8.24. The van der Waals surface area contributed by atoms with E-state index in [9.17, 15) is 10.1 Å². The van der Waals surface area contributed by atoms with Crippen LogP contribution in [0.2, 0.25) is 0 Å². The van der Waals surface area contributed by atoms with Crippen molar-refractivity contribution in [3.05, 3.63) is 88.9 Å². The highest BCUT2D eigenvalue weighted by Gasteiger charge is 2.25. The molecule has 8 heteroatoms. The fourth-order valence-corrected chi connectivity index (χ4v) is 3.99. The molecule has 7 nitrogen and oxygen atoms in total. The van der Waals surface area contributed by atoms with Crippen molar-refractivity contribution in [1.82, 2.24) is 15.0 Å². The van der Waals surface area contributed by atoms with Gasteiger partial charge in [-0.15, -0.1) is 0 Å². The molecule has 1 N–H and O–H groups in total. The first kappa shape index (κ1) is 18.8. The van der Waals surface area contributed by atoms with E-state index in [1.807, 2.05) is 67.6 Å². The second-order valence-electron chi connectivity index (χ2n) is 6.34. The quantitative estimate of drug-likeness (QED) is 0.267. The standard InChI is InChI=1S/C21H17N5O2S/c1-14(15-7-3-2-4-8-15)25-20-19(26(27)28)21(24-13-23-20)29-17-11-5-9-16-10-6-12-22-18(16)17/h2-14H,1H3,(H,23,24,25). The van der Waals surface area contributed by atoms with Crippen molar-refractivity contribution >= 4 is 34.2 Å². The van der Waals surface area contributed by atoms with Crippen LogP contribution in [0.4, 0.5) is 11.5 Å². The van der Waals surface area contributed by atoms with Gasteiger partial charge >= 0.3 is 5.69 Å². The number of nitrogens with one attached hydrogen (secondary N) is 1. The molecular weight excluding hydrogens is 386 g/mol. The molecule has 0 saturated carbocycles. The van der Waals surface area contributed by atoms with Crippen molar-refractivity contribution in [2.24, 2.45) is 0 Å². The van der Waals surface area contributed by atoms with Gasteiger partial charge in [0, 0.05) is 16.5 Å². The number of anilines is 1. The molecule has 1 atom stereocenters. The Morgan fingerprint density at radius 3 is 2.59 bits per heavy atom. The lowest BCUT2D eigenvalue weighted by Crippen LogP contribution is -2.11. The van der Waals surface area contributed by atoms with E-state index in [4.69, 9.17) is 0 Å². The molecule has 0 radical (unpaired) electrons. The highest BCUT2D eigenvalue weighted by Crippen LogP contribution is 2.39. The van der Waals surface area contributed by atoms with Gasteiger partial charge in [-0.05, 0) is 24.6 Å². The molecule has 1 unspecified atom stereocenters. The van der Waals surface area contributed by atoms with E-state index < -0.39 is 4.92 Å². The largest absolute Gasteiger partial charge is 0.358 e. The van der Waals surface area contributed by atoms with E-state index in [1.165, 1.54) is 18.1 Å². The van der Waals surface area contributed by atoms with Crippen LogP contribution < -0.4 is 5.32 Å². The van der Waals surface area contributed by atoms with Crippen molar-refractivity contribution in [1.29, 1.82) is 0 Å². The minimum absolute atomic E-state index is 0.145. The summed E-state index contributed by atoms with van der Waals surface area (Å²) in [6, 6.07) is 19.1. The highest BCUT2D eigenvalue weighted by atomic mass is 32.2. The van der Waals surface area contributed by atoms with Crippen molar-refractivity contribution < 1.29 is 4.92 Å². The van der Waals surface area contributed by atoms with Crippen LogP contribution in [0.3, 0.4) is 0 Å². The molecule has 4 aromatic rings. The summed E-state index contributed by atoms with van der Waals surface area (Å²) >= 11 is 1.21. The highest BCUT2D eigenvalue weighted by molar-refractivity contribution is 7.99. The molecule has 0 amide bonds. The van der Waals surface area contributed by atoms with Crippen LogP contribution in [0.15, 0.2) is 83.1 Å². The molecule has 0 aliphatic heterocycles. The third kappa shape index (κ3) is 4.02. The Kier molecular flexibility index (Phi) is 5.35. The maximum absolute atomic E-state index is 11.9. The first-order valence-corrected chi connectivity index (χ1v) is 9.77. The Morgan fingerprint density at radius 1 is 1.00 bits per heavy atom. The fraction of sp³-hybridized carbons (Fsp3) is 0.0952. The van der Waals surface area contributed by atoms with Crippen LogP contribution in [-0.2, 0) is 0 Å². The minimum Gasteiger partial charge on any atom is -0.358 e. The van der Waals surface area contributed by atoms with Gasteiger partial charge in [-0.25, -0.2) is 9.97 Å². The SMILES string of the molecule is CC(Nc1ncnc(Sc2cccc3cccnc23)c1[N+](=O)[O-])c1ccccc1. The Hall–Kier alpha value is -3.52. The van der Waals surface area contributed by atoms with Crippen LogP contribution in [0.1, 0.15) is 18.5 Å². The van der Waals surface area contributed by atoms with Gasteiger partial charge in [-0.3, -0.25) is 15.1 Å². The molecule has 2 aromatic heterocycles.